The number of terminal acetylenes is 1. The lowest BCUT2D eigenvalue weighted by atomic mass is 9.91. The molecule has 0 aromatic heterocycles. The minimum absolute atomic E-state index is 0.152. The van der Waals surface area contributed by atoms with Crippen molar-refractivity contribution in [2.45, 2.75) is 38.2 Å². The Hall–Kier alpha value is -0.520. The normalized spacial score (nSPS) is 25.1. The monoisotopic (exact) mass is 181 g/mol. The van der Waals surface area contributed by atoms with E-state index in [2.05, 4.69) is 11.2 Å². The molecule has 2 unspecified atom stereocenters. The van der Waals surface area contributed by atoms with E-state index in [0.717, 1.165) is 38.8 Å². The molecule has 0 amide bonds. The molecule has 1 saturated heterocycles. The predicted octanol–water partition coefficient (Wildman–Crippen LogP) is 1.15. The molecule has 2 heteroatoms. The fourth-order valence-electron chi connectivity index (χ4n) is 1.86. The number of aliphatic hydroxyl groups excluding tert-OH is 1. The lowest BCUT2D eigenvalue weighted by Gasteiger charge is -2.27. The Balaban J connectivity index is 2.14. The van der Waals surface area contributed by atoms with Crippen molar-refractivity contribution < 1.29 is 5.11 Å². The zero-order chi connectivity index (χ0) is 9.52. The van der Waals surface area contributed by atoms with Gasteiger partial charge in [0.05, 0.1) is 6.10 Å². The summed E-state index contributed by atoms with van der Waals surface area (Å²) in [5.74, 6) is 3.05. The zero-order valence-corrected chi connectivity index (χ0v) is 8.13. The second-order valence-corrected chi connectivity index (χ2v) is 3.77. The number of unbranched alkanes of at least 4 members (excludes halogenated alkanes) is 1. The van der Waals surface area contributed by atoms with Crippen LogP contribution in [0.3, 0.4) is 0 Å². The lowest BCUT2D eigenvalue weighted by molar-refractivity contribution is 0.0826. The van der Waals surface area contributed by atoms with Gasteiger partial charge in [-0.05, 0) is 38.1 Å². The maximum Gasteiger partial charge on any atom is 0.0580 e. The molecule has 0 saturated carbocycles. The van der Waals surface area contributed by atoms with Gasteiger partial charge in [-0.15, -0.1) is 12.3 Å². The van der Waals surface area contributed by atoms with Crippen LogP contribution < -0.4 is 5.32 Å². The Bertz CT molecular complexity index is 167. The van der Waals surface area contributed by atoms with Gasteiger partial charge in [0.15, 0.2) is 0 Å². The van der Waals surface area contributed by atoms with Crippen LogP contribution in [0.4, 0.5) is 0 Å². The van der Waals surface area contributed by atoms with Crippen LogP contribution in [0.15, 0.2) is 0 Å². The van der Waals surface area contributed by atoms with Crippen LogP contribution in [-0.2, 0) is 0 Å². The number of nitrogens with one attached hydrogen (secondary N) is 1. The van der Waals surface area contributed by atoms with Gasteiger partial charge in [-0.3, -0.25) is 0 Å². The van der Waals surface area contributed by atoms with Crippen molar-refractivity contribution in [1.82, 2.24) is 5.32 Å². The molecule has 0 bridgehead atoms. The molecular formula is C11H19NO. The molecule has 1 aliphatic heterocycles. The van der Waals surface area contributed by atoms with E-state index in [0.29, 0.717) is 5.92 Å². The molecule has 1 rings (SSSR count). The van der Waals surface area contributed by atoms with E-state index in [1.165, 1.54) is 6.42 Å². The van der Waals surface area contributed by atoms with Gasteiger partial charge in [0.25, 0.3) is 0 Å². The van der Waals surface area contributed by atoms with Gasteiger partial charge >= 0.3 is 0 Å². The van der Waals surface area contributed by atoms with E-state index in [4.69, 9.17) is 6.42 Å². The predicted molar refractivity (Wildman–Crippen MR) is 54.3 cm³/mol. The first-order valence-electron chi connectivity index (χ1n) is 5.17. The van der Waals surface area contributed by atoms with E-state index in [1.807, 2.05) is 0 Å². The fourth-order valence-corrected chi connectivity index (χ4v) is 1.86. The van der Waals surface area contributed by atoms with Crippen molar-refractivity contribution in [2.75, 3.05) is 13.1 Å². The lowest BCUT2D eigenvalue weighted by Crippen LogP contribution is -2.36. The molecule has 1 fully saturated rings. The highest BCUT2D eigenvalue weighted by Gasteiger charge is 2.20. The summed E-state index contributed by atoms with van der Waals surface area (Å²) < 4.78 is 0. The maximum atomic E-state index is 9.79. The quantitative estimate of drug-likeness (QED) is 0.504. The van der Waals surface area contributed by atoms with E-state index in [-0.39, 0.29) is 6.10 Å². The average molecular weight is 181 g/mol. The topological polar surface area (TPSA) is 32.3 Å². The van der Waals surface area contributed by atoms with Gasteiger partial charge in [-0.1, -0.05) is 0 Å². The van der Waals surface area contributed by atoms with Crippen molar-refractivity contribution in [3.63, 3.8) is 0 Å². The molecule has 0 radical (unpaired) electrons. The first-order valence-corrected chi connectivity index (χ1v) is 5.17. The van der Waals surface area contributed by atoms with Gasteiger partial charge in [0, 0.05) is 13.0 Å². The van der Waals surface area contributed by atoms with E-state index >= 15 is 0 Å². The fraction of sp³-hybridized carbons (Fsp3) is 0.818. The Morgan fingerprint density at radius 1 is 1.62 bits per heavy atom. The maximum absolute atomic E-state index is 9.79. The van der Waals surface area contributed by atoms with Crippen LogP contribution in [-0.4, -0.2) is 24.3 Å². The SMILES string of the molecule is C#CCCCC(O)C1CCCNC1. The second kappa shape index (κ2) is 6.01. The van der Waals surface area contributed by atoms with Crippen molar-refractivity contribution in [1.29, 1.82) is 0 Å². The molecular weight excluding hydrogens is 162 g/mol. The second-order valence-electron chi connectivity index (χ2n) is 3.77. The number of aliphatic hydroxyl groups is 1. The van der Waals surface area contributed by atoms with Gasteiger partial charge in [0.1, 0.15) is 0 Å². The molecule has 13 heavy (non-hydrogen) atoms. The van der Waals surface area contributed by atoms with E-state index < -0.39 is 0 Å². The highest BCUT2D eigenvalue weighted by molar-refractivity contribution is 4.84. The van der Waals surface area contributed by atoms with Crippen molar-refractivity contribution in [2.24, 2.45) is 5.92 Å². The molecule has 0 aromatic carbocycles. The van der Waals surface area contributed by atoms with Crippen LogP contribution in [0.25, 0.3) is 0 Å². The van der Waals surface area contributed by atoms with Gasteiger partial charge in [0.2, 0.25) is 0 Å². The Morgan fingerprint density at radius 2 is 2.46 bits per heavy atom. The molecule has 0 aromatic rings. The summed E-state index contributed by atoms with van der Waals surface area (Å²) in [6.07, 6.45) is 9.94. The van der Waals surface area contributed by atoms with Crippen LogP contribution >= 0.6 is 0 Å². The molecule has 0 aliphatic carbocycles. The summed E-state index contributed by atoms with van der Waals surface area (Å²) in [7, 11) is 0. The van der Waals surface area contributed by atoms with Crippen LogP contribution in [0, 0.1) is 18.3 Å². The third-order valence-electron chi connectivity index (χ3n) is 2.70. The summed E-state index contributed by atoms with van der Waals surface area (Å²) in [6.45, 7) is 2.07. The Morgan fingerprint density at radius 3 is 3.08 bits per heavy atom. The number of hydrogen-bond acceptors (Lipinski definition) is 2. The number of piperidine rings is 1. The van der Waals surface area contributed by atoms with Crippen LogP contribution in [0.1, 0.15) is 32.1 Å². The van der Waals surface area contributed by atoms with Gasteiger partial charge in [-0.25, -0.2) is 0 Å². The van der Waals surface area contributed by atoms with Crippen molar-refractivity contribution in [3.05, 3.63) is 0 Å². The summed E-state index contributed by atoms with van der Waals surface area (Å²) in [6, 6.07) is 0. The molecule has 1 aliphatic rings. The van der Waals surface area contributed by atoms with Crippen LogP contribution in [0.2, 0.25) is 0 Å². The van der Waals surface area contributed by atoms with E-state index in [1.54, 1.807) is 0 Å². The summed E-state index contributed by atoms with van der Waals surface area (Å²) in [4.78, 5) is 0. The minimum atomic E-state index is -0.152. The number of rotatable bonds is 4. The first-order chi connectivity index (χ1) is 6.34. The third-order valence-corrected chi connectivity index (χ3v) is 2.70. The zero-order valence-electron chi connectivity index (χ0n) is 8.13. The number of hydrogen-bond donors (Lipinski definition) is 2. The summed E-state index contributed by atoms with van der Waals surface area (Å²) in [5.41, 5.74) is 0. The largest absolute Gasteiger partial charge is 0.393 e. The minimum Gasteiger partial charge on any atom is -0.393 e. The molecule has 2 N–H and O–H groups in total. The summed E-state index contributed by atoms with van der Waals surface area (Å²) >= 11 is 0. The highest BCUT2D eigenvalue weighted by atomic mass is 16.3. The Labute approximate surface area is 80.7 Å². The molecule has 1 heterocycles. The van der Waals surface area contributed by atoms with E-state index in [9.17, 15) is 5.11 Å². The standard InChI is InChI=1S/C11H19NO/c1-2-3-4-7-11(13)10-6-5-8-12-9-10/h1,10-13H,3-9H2. The smallest absolute Gasteiger partial charge is 0.0580 e. The van der Waals surface area contributed by atoms with Crippen molar-refractivity contribution in [3.8, 4) is 12.3 Å². The van der Waals surface area contributed by atoms with Gasteiger partial charge < -0.3 is 10.4 Å². The molecule has 2 nitrogen and oxygen atoms in total. The molecule has 2 atom stereocenters. The van der Waals surface area contributed by atoms with Crippen LogP contribution in [0.5, 0.6) is 0 Å². The Kier molecular flexibility index (Phi) is 4.88. The first kappa shape index (κ1) is 10.6. The molecule has 0 spiro atoms. The van der Waals surface area contributed by atoms with Gasteiger partial charge in [-0.2, -0.15) is 0 Å². The van der Waals surface area contributed by atoms with Crippen molar-refractivity contribution >= 4 is 0 Å². The third kappa shape index (κ3) is 3.80. The highest BCUT2D eigenvalue weighted by Crippen LogP contribution is 2.18. The summed E-state index contributed by atoms with van der Waals surface area (Å²) in [5, 5.41) is 13.1. The molecule has 74 valence electrons. The average Bonchev–Trinajstić information content (AvgIpc) is 2.19.